The van der Waals surface area contributed by atoms with Crippen molar-refractivity contribution in [2.75, 3.05) is 29.5 Å². The SMILES string of the molecule is CCCCN(C(=O)COC(=O)CCSc1ccccc1Cl)c1c(N)n(CCC)c(=O)[nH]c1=O. The molecule has 0 aliphatic rings. The van der Waals surface area contributed by atoms with E-state index in [1.165, 1.54) is 21.2 Å². The summed E-state index contributed by atoms with van der Waals surface area (Å²) in [5.41, 5.74) is 4.61. The number of carbonyl (C=O) groups excluding carboxylic acids is 2. The molecule has 9 nitrogen and oxygen atoms in total. The molecule has 0 saturated carbocycles. The Bertz CT molecular complexity index is 1090. The Morgan fingerprint density at radius 1 is 1.21 bits per heavy atom. The number of nitrogens with two attached hydrogens (primary N) is 1. The van der Waals surface area contributed by atoms with Gasteiger partial charge in [0.15, 0.2) is 12.3 Å². The van der Waals surface area contributed by atoms with E-state index < -0.39 is 29.7 Å². The Morgan fingerprint density at radius 3 is 2.61 bits per heavy atom. The van der Waals surface area contributed by atoms with E-state index in [-0.39, 0.29) is 24.5 Å². The van der Waals surface area contributed by atoms with Gasteiger partial charge in [-0.2, -0.15) is 0 Å². The quantitative estimate of drug-likeness (QED) is 0.341. The van der Waals surface area contributed by atoms with Gasteiger partial charge in [0.25, 0.3) is 11.5 Å². The van der Waals surface area contributed by atoms with Gasteiger partial charge in [-0.05, 0) is 25.0 Å². The maximum absolute atomic E-state index is 12.9. The van der Waals surface area contributed by atoms with E-state index in [4.69, 9.17) is 22.1 Å². The fourth-order valence-electron chi connectivity index (χ4n) is 3.06. The third-order valence-electron chi connectivity index (χ3n) is 4.72. The van der Waals surface area contributed by atoms with Gasteiger partial charge in [0.1, 0.15) is 5.82 Å². The first-order valence-corrected chi connectivity index (χ1v) is 12.1. The molecule has 0 fully saturated rings. The molecule has 33 heavy (non-hydrogen) atoms. The van der Waals surface area contributed by atoms with E-state index in [0.717, 1.165) is 11.3 Å². The number of nitrogen functional groups attached to an aromatic ring is 1. The second kappa shape index (κ2) is 13.1. The fourth-order valence-corrected chi connectivity index (χ4v) is 4.23. The largest absolute Gasteiger partial charge is 0.456 e. The molecule has 0 bridgehead atoms. The molecular formula is C22H29ClN4O5S. The zero-order chi connectivity index (χ0) is 24.4. The van der Waals surface area contributed by atoms with Crippen LogP contribution < -0.4 is 21.9 Å². The van der Waals surface area contributed by atoms with Crippen LogP contribution in [-0.2, 0) is 20.9 Å². The monoisotopic (exact) mass is 496 g/mol. The van der Waals surface area contributed by atoms with Crippen LogP contribution in [0.3, 0.4) is 0 Å². The second-order valence-electron chi connectivity index (χ2n) is 7.23. The average molecular weight is 497 g/mol. The maximum Gasteiger partial charge on any atom is 0.330 e. The third-order valence-corrected chi connectivity index (χ3v) is 6.24. The molecule has 0 spiro atoms. The van der Waals surface area contributed by atoms with Crippen molar-refractivity contribution in [3.63, 3.8) is 0 Å². The number of H-pyrrole nitrogens is 1. The number of hydrogen-bond donors (Lipinski definition) is 2. The van der Waals surface area contributed by atoms with Crippen molar-refractivity contribution in [2.45, 2.75) is 51.0 Å². The molecule has 11 heteroatoms. The van der Waals surface area contributed by atoms with Gasteiger partial charge in [0.05, 0.1) is 11.4 Å². The van der Waals surface area contributed by atoms with Crippen molar-refractivity contribution in [3.05, 3.63) is 50.1 Å². The normalized spacial score (nSPS) is 10.8. The molecule has 0 aliphatic heterocycles. The van der Waals surface area contributed by atoms with Crippen LogP contribution in [0.4, 0.5) is 11.5 Å². The third kappa shape index (κ3) is 7.40. The number of amides is 1. The summed E-state index contributed by atoms with van der Waals surface area (Å²) in [5.74, 6) is -0.784. The van der Waals surface area contributed by atoms with Gasteiger partial charge in [0, 0.05) is 23.7 Å². The number of hydrogen-bond acceptors (Lipinski definition) is 7. The first kappa shape index (κ1) is 26.5. The zero-order valence-corrected chi connectivity index (χ0v) is 20.3. The van der Waals surface area contributed by atoms with E-state index in [1.807, 2.05) is 32.0 Å². The van der Waals surface area contributed by atoms with Crippen molar-refractivity contribution in [1.29, 1.82) is 0 Å². The van der Waals surface area contributed by atoms with E-state index in [2.05, 4.69) is 4.98 Å². The predicted octanol–water partition coefficient (Wildman–Crippen LogP) is 3.04. The van der Waals surface area contributed by atoms with Gasteiger partial charge in [-0.1, -0.05) is 44.0 Å². The molecular weight excluding hydrogens is 468 g/mol. The minimum Gasteiger partial charge on any atom is -0.456 e. The smallest absolute Gasteiger partial charge is 0.330 e. The predicted molar refractivity (Wildman–Crippen MR) is 131 cm³/mol. The van der Waals surface area contributed by atoms with E-state index in [0.29, 0.717) is 30.2 Å². The van der Waals surface area contributed by atoms with E-state index in [1.54, 1.807) is 6.07 Å². The summed E-state index contributed by atoms with van der Waals surface area (Å²) in [5, 5.41) is 0.602. The minimum absolute atomic E-state index is 0.0855. The van der Waals surface area contributed by atoms with Crippen molar-refractivity contribution >= 4 is 46.7 Å². The molecule has 0 radical (unpaired) electrons. The Morgan fingerprint density at radius 2 is 1.94 bits per heavy atom. The number of carbonyl (C=O) groups is 2. The summed E-state index contributed by atoms with van der Waals surface area (Å²) in [6.45, 7) is 3.76. The highest BCUT2D eigenvalue weighted by Gasteiger charge is 2.24. The molecule has 1 amide bonds. The molecule has 3 N–H and O–H groups in total. The summed E-state index contributed by atoms with van der Waals surface area (Å²) in [4.78, 5) is 53.9. The van der Waals surface area contributed by atoms with Gasteiger partial charge >= 0.3 is 11.7 Å². The lowest BCUT2D eigenvalue weighted by Gasteiger charge is -2.24. The molecule has 2 rings (SSSR count). The molecule has 1 aromatic heterocycles. The molecule has 0 saturated heterocycles. The number of aromatic nitrogens is 2. The maximum atomic E-state index is 12.9. The number of esters is 1. The van der Waals surface area contributed by atoms with Crippen LogP contribution in [0.15, 0.2) is 38.8 Å². The number of halogens is 1. The van der Waals surface area contributed by atoms with Crippen LogP contribution in [0.5, 0.6) is 0 Å². The summed E-state index contributed by atoms with van der Waals surface area (Å²) in [7, 11) is 0. The second-order valence-corrected chi connectivity index (χ2v) is 8.78. The Balaban J connectivity index is 2.07. The number of rotatable bonds is 12. The molecule has 180 valence electrons. The Labute approximate surface area is 201 Å². The first-order valence-electron chi connectivity index (χ1n) is 10.8. The lowest BCUT2D eigenvalue weighted by atomic mass is 10.2. The standard InChI is InChI=1S/C22H29ClN4O5S/c1-3-5-12-26(19-20(24)27(11-4-2)22(31)25-21(19)30)17(28)14-32-18(29)10-13-33-16-9-7-6-8-15(16)23/h6-9H,3-5,10-14,24H2,1-2H3,(H,25,30,31). The number of thioether (sulfide) groups is 1. The van der Waals surface area contributed by atoms with Gasteiger partial charge in [-0.15, -0.1) is 11.8 Å². The first-order chi connectivity index (χ1) is 15.8. The van der Waals surface area contributed by atoms with Crippen LogP contribution in [0.2, 0.25) is 5.02 Å². The number of nitrogens with one attached hydrogen (secondary N) is 1. The van der Waals surface area contributed by atoms with E-state index >= 15 is 0 Å². The van der Waals surface area contributed by atoms with Gasteiger partial charge in [0.2, 0.25) is 0 Å². The minimum atomic E-state index is -0.753. The molecule has 0 atom stereocenters. The molecule has 1 aromatic carbocycles. The Kier molecular flexibility index (Phi) is 10.5. The highest BCUT2D eigenvalue weighted by molar-refractivity contribution is 7.99. The number of benzene rings is 1. The summed E-state index contributed by atoms with van der Waals surface area (Å²) >= 11 is 7.51. The fraction of sp³-hybridized carbons (Fsp3) is 0.455. The van der Waals surface area contributed by atoms with Crippen LogP contribution >= 0.6 is 23.4 Å². The summed E-state index contributed by atoms with van der Waals surface area (Å²) in [6.07, 6.45) is 2.06. The van der Waals surface area contributed by atoms with Gasteiger partial charge < -0.3 is 15.4 Å². The highest BCUT2D eigenvalue weighted by atomic mass is 35.5. The number of unbranched alkanes of at least 4 members (excludes halogenated alkanes) is 1. The lowest BCUT2D eigenvalue weighted by molar-refractivity contribution is -0.147. The number of ether oxygens (including phenoxy) is 1. The molecule has 1 heterocycles. The Hall–Kier alpha value is -2.72. The zero-order valence-electron chi connectivity index (χ0n) is 18.8. The number of anilines is 2. The van der Waals surface area contributed by atoms with Crippen molar-refractivity contribution in [1.82, 2.24) is 9.55 Å². The topological polar surface area (TPSA) is 127 Å². The number of aromatic amines is 1. The van der Waals surface area contributed by atoms with Crippen molar-refractivity contribution in [3.8, 4) is 0 Å². The molecule has 2 aromatic rings. The van der Waals surface area contributed by atoms with Crippen LogP contribution in [0.1, 0.15) is 39.5 Å². The molecule has 0 unspecified atom stereocenters. The van der Waals surface area contributed by atoms with Crippen LogP contribution in [0.25, 0.3) is 0 Å². The lowest BCUT2D eigenvalue weighted by Crippen LogP contribution is -2.43. The van der Waals surface area contributed by atoms with Crippen molar-refractivity contribution < 1.29 is 14.3 Å². The van der Waals surface area contributed by atoms with Gasteiger partial charge in [-0.25, -0.2) is 4.79 Å². The van der Waals surface area contributed by atoms with Crippen molar-refractivity contribution in [2.24, 2.45) is 0 Å². The number of nitrogens with zero attached hydrogens (tertiary/aromatic N) is 2. The highest BCUT2D eigenvalue weighted by Crippen LogP contribution is 2.27. The summed E-state index contributed by atoms with van der Waals surface area (Å²) in [6, 6.07) is 7.30. The van der Waals surface area contributed by atoms with E-state index in [9.17, 15) is 19.2 Å². The van der Waals surface area contributed by atoms with Crippen LogP contribution in [-0.4, -0.2) is 40.3 Å². The molecule has 0 aliphatic carbocycles. The average Bonchev–Trinajstić information content (AvgIpc) is 2.78. The summed E-state index contributed by atoms with van der Waals surface area (Å²) < 4.78 is 6.36. The van der Waals surface area contributed by atoms with Gasteiger partial charge in [-0.3, -0.25) is 23.9 Å². The van der Waals surface area contributed by atoms with Crippen LogP contribution in [0, 0.1) is 0 Å².